The van der Waals surface area contributed by atoms with Gasteiger partial charge in [-0.1, -0.05) is 43.3 Å². The van der Waals surface area contributed by atoms with E-state index in [0.29, 0.717) is 34.9 Å². The molecule has 0 spiro atoms. The number of amides is 1. The molecule has 6 nitrogen and oxygen atoms in total. The molecule has 34 heavy (non-hydrogen) atoms. The summed E-state index contributed by atoms with van der Waals surface area (Å²) in [6.45, 7) is 4.38. The first-order valence-corrected chi connectivity index (χ1v) is 11.3. The zero-order valence-corrected chi connectivity index (χ0v) is 19.4. The molecule has 0 bridgehead atoms. The molecule has 1 amide bonds. The number of methoxy groups -OCH3 is 1. The molecule has 1 N–H and O–H groups in total. The summed E-state index contributed by atoms with van der Waals surface area (Å²) in [6, 6.07) is 20.7. The van der Waals surface area contributed by atoms with Crippen molar-refractivity contribution < 1.29 is 24.2 Å². The molecule has 1 aliphatic heterocycles. The van der Waals surface area contributed by atoms with Crippen molar-refractivity contribution in [1.29, 1.82) is 0 Å². The van der Waals surface area contributed by atoms with Crippen LogP contribution >= 0.6 is 0 Å². The van der Waals surface area contributed by atoms with Gasteiger partial charge in [-0.2, -0.15) is 0 Å². The number of rotatable bonds is 7. The number of Topliss-reactive ketones (excluding diaryl/α,β-unsaturated/α-hetero) is 1. The van der Waals surface area contributed by atoms with Crippen molar-refractivity contribution >= 4 is 23.1 Å². The van der Waals surface area contributed by atoms with Gasteiger partial charge in [-0.25, -0.2) is 0 Å². The van der Waals surface area contributed by atoms with Crippen molar-refractivity contribution in [2.45, 2.75) is 26.3 Å². The normalized spacial score (nSPS) is 17.1. The predicted octanol–water partition coefficient (Wildman–Crippen LogP) is 5.28. The zero-order valence-electron chi connectivity index (χ0n) is 19.4. The number of ketones is 1. The quantitative estimate of drug-likeness (QED) is 0.297. The molecule has 1 saturated heterocycles. The van der Waals surface area contributed by atoms with Crippen LogP contribution in [0.4, 0.5) is 5.69 Å². The predicted molar refractivity (Wildman–Crippen MR) is 131 cm³/mol. The number of aryl methyl sites for hydroxylation is 1. The summed E-state index contributed by atoms with van der Waals surface area (Å²) in [5, 5.41) is 11.3. The monoisotopic (exact) mass is 457 g/mol. The van der Waals surface area contributed by atoms with Crippen LogP contribution in [0.1, 0.15) is 36.6 Å². The Morgan fingerprint density at radius 2 is 1.65 bits per heavy atom. The Hall–Kier alpha value is -4.06. The van der Waals surface area contributed by atoms with Gasteiger partial charge in [0.05, 0.1) is 25.3 Å². The average Bonchev–Trinajstić information content (AvgIpc) is 3.14. The highest BCUT2D eigenvalue weighted by molar-refractivity contribution is 6.51. The minimum atomic E-state index is -0.797. The van der Waals surface area contributed by atoms with Gasteiger partial charge >= 0.3 is 0 Å². The number of aliphatic hydroxyl groups is 1. The number of ether oxygens (including phenoxy) is 2. The Morgan fingerprint density at radius 1 is 0.941 bits per heavy atom. The second kappa shape index (κ2) is 9.83. The fourth-order valence-corrected chi connectivity index (χ4v) is 4.15. The lowest BCUT2D eigenvalue weighted by Gasteiger charge is -2.25. The van der Waals surface area contributed by atoms with Crippen LogP contribution in [0, 0.1) is 0 Å². The molecular formula is C28H27NO5. The number of nitrogens with zero attached hydrogens (tertiary/aromatic N) is 1. The molecule has 3 aromatic rings. The number of hydrogen-bond donors (Lipinski definition) is 1. The minimum absolute atomic E-state index is 0.0309. The van der Waals surface area contributed by atoms with Crippen LogP contribution in [0.15, 0.2) is 78.4 Å². The molecule has 1 heterocycles. The van der Waals surface area contributed by atoms with E-state index in [9.17, 15) is 14.7 Å². The first-order valence-electron chi connectivity index (χ1n) is 11.3. The SMILES string of the molecule is CCOc1cccc(/C(O)=C2/C(=O)C(=O)N(c3ccc(CC)cc3)C2c2ccc(OC)cc2)c1. The van der Waals surface area contributed by atoms with E-state index in [1.54, 1.807) is 55.6 Å². The molecule has 0 radical (unpaired) electrons. The Morgan fingerprint density at radius 3 is 2.26 bits per heavy atom. The Bertz CT molecular complexity index is 1230. The van der Waals surface area contributed by atoms with Crippen LogP contribution in [0.2, 0.25) is 0 Å². The van der Waals surface area contributed by atoms with Crippen molar-refractivity contribution in [2.75, 3.05) is 18.6 Å². The highest BCUT2D eigenvalue weighted by Crippen LogP contribution is 2.42. The Labute approximate surface area is 199 Å². The fourth-order valence-electron chi connectivity index (χ4n) is 4.15. The number of anilines is 1. The third kappa shape index (κ3) is 4.27. The first-order chi connectivity index (χ1) is 16.5. The van der Waals surface area contributed by atoms with E-state index >= 15 is 0 Å². The maximum atomic E-state index is 13.3. The molecule has 4 rings (SSSR count). The lowest BCUT2D eigenvalue weighted by molar-refractivity contribution is -0.132. The number of aliphatic hydroxyl groups excluding tert-OH is 1. The summed E-state index contributed by atoms with van der Waals surface area (Å²) in [4.78, 5) is 28.0. The Balaban J connectivity index is 1.89. The van der Waals surface area contributed by atoms with Crippen molar-refractivity contribution in [3.8, 4) is 11.5 Å². The number of benzene rings is 3. The molecule has 1 atom stereocenters. The van der Waals surface area contributed by atoms with E-state index in [0.717, 1.165) is 12.0 Å². The highest BCUT2D eigenvalue weighted by Gasteiger charge is 2.47. The van der Waals surface area contributed by atoms with Gasteiger partial charge in [0.15, 0.2) is 0 Å². The largest absolute Gasteiger partial charge is 0.507 e. The summed E-state index contributed by atoms with van der Waals surface area (Å²) >= 11 is 0. The molecule has 1 fully saturated rings. The number of hydrogen-bond acceptors (Lipinski definition) is 5. The van der Waals surface area contributed by atoms with Gasteiger partial charge in [-0.05, 0) is 60.9 Å². The molecule has 174 valence electrons. The molecule has 1 unspecified atom stereocenters. The van der Waals surface area contributed by atoms with Crippen molar-refractivity contribution in [3.63, 3.8) is 0 Å². The van der Waals surface area contributed by atoms with Crippen LogP contribution in [-0.2, 0) is 16.0 Å². The fraction of sp³-hybridized carbons (Fsp3) is 0.214. The molecule has 0 aliphatic carbocycles. The third-order valence-electron chi connectivity index (χ3n) is 5.92. The second-order valence-corrected chi connectivity index (χ2v) is 7.92. The van der Waals surface area contributed by atoms with Gasteiger partial charge in [-0.3, -0.25) is 14.5 Å². The zero-order chi connectivity index (χ0) is 24.2. The van der Waals surface area contributed by atoms with E-state index < -0.39 is 17.7 Å². The summed E-state index contributed by atoms with van der Waals surface area (Å²) < 4.78 is 10.8. The maximum absolute atomic E-state index is 13.3. The summed E-state index contributed by atoms with van der Waals surface area (Å²) in [6.07, 6.45) is 0.858. The third-order valence-corrected chi connectivity index (χ3v) is 5.92. The van der Waals surface area contributed by atoms with Gasteiger partial charge in [0.1, 0.15) is 17.3 Å². The molecule has 1 aliphatic rings. The van der Waals surface area contributed by atoms with Gasteiger partial charge in [-0.15, -0.1) is 0 Å². The van der Waals surface area contributed by atoms with E-state index in [-0.39, 0.29) is 11.3 Å². The number of carbonyl (C=O) groups is 2. The standard InChI is InChI=1S/C28H27NO5/c1-4-18-9-13-21(14-10-18)29-25(19-11-15-22(33-3)16-12-19)24(27(31)28(29)32)26(30)20-7-6-8-23(17-20)34-5-2/h6-17,25,30H,4-5H2,1-3H3/b26-24-. The highest BCUT2D eigenvalue weighted by atomic mass is 16.5. The maximum Gasteiger partial charge on any atom is 0.300 e. The Kier molecular flexibility index (Phi) is 6.68. The van der Waals surface area contributed by atoms with Crippen molar-refractivity contribution in [3.05, 3.63) is 95.1 Å². The first kappa shape index (κ1) is 23.1. The van der Waals surface area contributed by atoms with Gasteiger partial charge in [0.2, 0.25) is 0 Å². The molecule has 6 heteroatoms. The molecule has 0 aromatic heterocycles. The molecular weight excluding hydrogens is 430 g/mol. The number of carbonyl (C=O) groups excluding carboxylic acids is 2. The molecule has 0 saturated carbocycles. The topological polar surface area (TPSA) is 76.1 Å². The second-order valence-electron chi connectivity index (χ2n) is 7.92. The lowest BCUT2D eigenvalue weighted by Crippen LogP contribution is -2.29. The van der Waals surface area contributed by atoms with Crippen molar-refractivity contribution in [2.24, 2.45) is 0 Å². The lowest BCUT2D eigenvalue weighted by atomic mass is 9.95. The summed E-state index contributed by atoms with van der Waals surface area (Å²) in [5.41, 5.74) is 2.82. The van der Waals surface area contributed by atoms with E-state index in [4.69, 9.17) is 9.47 Å². The van der Waals surface area contributed by atoms with E-state index in [2.05, 4.69) is 6.92 Å². The minimum Gasteiger partial charge on any atom is -0.507 e. The van der Waals surface area contributed by atoms with Crippen molar-refractivity contribution in [1.82, 2.24) is 0 Å². The van der Waals surface area contributed by atoms with Gasteiger partial charge < -0.3 is 14.6 Å². The average molecular weight is 458 g/mol. The van der Waals surface area contributed by atoms with Crippen LogP contribution in [0.25, 0.3) is 5.76 Å². The van der Waals surface area contributed by atoms with Crippen LogP contribution < -0.4 is 14.4 Å². The van der Waals surface area contributed by atoms with Crippen LogP contribution in [0.3, 0.4) is 0 Å². The van der Waals surface area contributed by atoms with E-state index in [1.807, 2.05) is 31.2 Å². The summed E-state index contributed by atoms with van der Waals surface area (Å²) in [7, 11) is 1.57. The van der Waals surface area contributed by atoms with E-state index in [1.165, 1.54) is 4.90 Å². The summed E-state index contributed by atoms with van der Waals surface area (Å²) in [5.74, 6) is -0.449. The molecule has 3 aromatic carbocycles. The van der Waals surface area contributed by atoms with Gasteiger partial charge in [0, 0.05) is 11.3 Å². The van der Waals surface area contributed by atoms with Crippen LogP contribution in [0.5, 0.6) is 11.5 Å². The smallest absolute Gasteiger partial charge is 0.300 e. The van der Waals surface area contributed by atoms with Crippen LogP contribution in [-0.4, -0.2) is 30.5 Å². The van der Waals surface area contributed by atoms with Gasteiger partial charge in [0.25, 0.3) is 11.7 Å².